The molecule has 6 heteroatoms. The van der Waals surface area contributed by atoms with Crippen LogP contribution in [0.25, 0.3) is 0 Å². The second-order valence-corrected chi connectivity index (χ2v) is 4.75. The molecule has 0 bridgehead atoms. The summed E-state index contributed by atoms with van der Waals surface area (Å²) in [5.74, 6) is -0.488. The van der Waals surface area contributed by atoms with Crippen molar-refractivity contribution in [3.05, 3.63) is 0 Å². The highest BCUT2D eigenvalue weighted by atomic mass is 16.2. The van der Waals surface area contributed by atoms with Gasteiger partial charge in [0.05, 0.1) is 12.5 Å². The van der Waals surface area contributed by atoms with E-state index in [0.717, 1.165) is 17.9 Å². The van der Waals surface area contributed by atoms with Crippen molar-refractivity contribution in [2.75, 3.05) is 13.6 Å². The third kappa shape index (κ3) is 2.17. The molecule has 2 heterocycles. The molecule has 6 nitrogen and oxygen atoms in total. The van der Waals surface area contributed by atoms with Crippen LogP contribution in [-0.2, 0) is 14.4 Å². The summed E-state index contributed by atoms with van der Waals surface area (Å²) in [6.45, 7) is 2.81. The molecular formula is C11H17N3O3. The quantitative estimate of drug-likeness (QED) is 0.597. The van der Waals surface area contributed by atoms with Crippen molar-refractivity contribution in [3.63, 3.8) is 0 Å². The summed E-state index contributed by atoms with van der Waals surface area (Å²) in [4.78, 5) is 35.9. The first-order valence-electron chi connectivity index (χ1n) is 5.85. The van der Waals surface area contributed by atoms with Crippen molar-refractivity contribution >= 4 is 17.7 Å². The van der Waals surface area contributed by atoms with Gasteiger partial charge in [-0.1, -0.05) is 6.92 Å². The van der Waals surface area contributed by atoms with E-state index in [2.05, 4.69) is 10.6 Å². The number of carbonyl (C=O) groups is 3. The SMILES string of the molecule is CC1CCNC1C(=O)NC1CC(=O)N(C)C1=O. The fraction of sp³-hybridized carbons (Fsp3) is 0.727. The topological polar surface area (TPSA) is 78.5 Å². The first-order chi connectivity index (χ1) is 8.00. The zero-order valence-electron chi connectivity index (χ0n) is 10.0. The average molecular weight is 239 g/mol. The molecule has 3 unspecified atom stereocenters. The Bertz CT molecular complexity index is 369. The van der Waals surface area contributed by atoms with Gasteiger partial charge in [0.25, 0.3) is 5.91 Å². The highest BCUT2D eigenvalue weighted by Gasteiger charge is 2.39. The van der Waals surface area contributed by atoms with Crippen LogP contribution in [0, 0.1) is 5.92 Å². The highest BCUT2D eigenvalue weighted by Crippen LogP contribution is 2.16. The summed E-state index contributed by atoms with van der Waals surface area (Å²) in [5, 5.41) is 5.74. The lowest BCUT2D eigenvalue weighted by atomic mass is 10.0. The summed E-state index contributed by atoms with van der Waals surface area (Å²) in [7, 11) is 1.44. The molecule has 0 aromatic rings. The second kappa shape index (κ2) is 4.44. The molecule has 0 saturated carbocycles. The van der Waals surface area contributed by atoms with Gasteiger partial charge in [0.15, 0.2) is 0 Å². The zero-order chi connectivity index (χ0) is 12.6. The number of rotatable bonds is 2. The van der Waals surface area contributed by atoms with Crippen LogP contribution in [0.4, 0.5) is 0 Å². The Morgan fingerprint density at radius 1 is 1.47 bits per heavy atom. The lowest BCUT2D eigenvalue weighted by Gasteiger charge is -2.18. The standard InChI is InChI=1S/C11H17N3O3/c1-6-3-4-12-9(6)10(16)13-7-5-8(15)14(2)11(7)17/h6-7,9,12H,3-5H2,1-2H3,(H,13,16). The summed E-state index contributed by atoms with van der Waals surface area (Å²) in [6, 6.07) is -0.932. The van der Waals surface area contributed by atoms with Crippen molar-refractivity contribution in [2.45, 2.75) is 31.8 Å². The Balaban J connectivity index is 1.95. The van der Waals surface area contributed by atoms with Gasteiger partial charge in [-0.05, 0) is 18.9 Å². The predicted molar refractivity (Wildman–Crippen MR) is 59.9 cm³/mol. The number of amides is 3. The maximum Gasteiger partial charge on any atom is 0.252 e. The Morgan fingerprint density at radius 2 is 2.18 bits per heavy atom. The number of hydrogen-bond acceptors (Lipinski definition) is 4. The molecule has 3 atom stereocenters. The number of imide groups is 1. The van der Waals surface area contributed by atoms with Gasteiger partial charge in [-0.2, -0.15) is 0 Å². The van der Waals surface area contributed by atoms with Gasteiger partial charge in [0, 0.05) is 7.05 Å². The molecule has 0 aromatic carbocycles. The lowest BCUT2D eigenvalue weighted by molar-refractivity contribution is -0.138. The number of carbonyl (C=O) groups excluding carboxylic acids is 3. The predicted octanol–water partition coefficient (Wildman–Crippen LogP) is -1.14. The van der Waals surface area contributed by atoms with Gasteiger partial charge in [-0.3, -0.25) is 19.3 Å². The largest absolute Gasteiger partial charge is 0.342 e. The molecule has 2 rings (SSSR count). The van der Waals surface area contributed by atoms with E-state index < -0.39 is 6.04 Å². The van der Waals surface area contributed by atoms with Gasteiger partial charge in [-0.25, -0.2) is 0 Å². The van der Waals surface area contributed by atoms with Gasteiger partial charge < -0.3 is 10.6 Å². The molecule has 0 radical (unpaired) electrons. The van der Waals surface area contributed by atoms with Crippen LogP contribution in [0.2, 0.25) is 0 Å². The Morgan fingerprint density at radius 3 is 2.65 bits per heavy atom. The van der Waals surface area contributed by atoms with Crippen LogP contribution >= 0.6 is 0 Å². The first-order valence-corrected chi connectivity index (χ1v) is 5.85. The molecule has 0 aromatic heterocycles. The Kier molecular flexibility index (Phi) is 3.15. The van der Waals surface area contributed by atoms with Crippen LogP contribution in [0.15, 0.2) is 0 Å². The van der Waals surface area contributed by atoms with E-state index in [1.807, 2.05) is 6.92 Å². The summed E-state index contributed by atoms with van der Waals surface area (Å²) < 4.78 is 0. The maximum atomic E-state index is 11.9. The first kappa shape index (κ1) is 12.0. The maximum absolute atomic E-state index is 11.9. The van der Waals surface area contributed by atoms with E-state index >= 15 is 0 Å². The van der Waals surface area contributed by atoms with Crippen molar-refractivity contribution in [2.24, 2.45) is 5.92 Å². The molecule has 2 aliphatic rings. The molecule has 2 N–H and O–H groups in total. The second-order valence-electron chi connectivity index (χ2n) is 4.75. The van der Waals surface area contributed by atoms with Crippen molar-refractivity contribution in [1.82, 2.24) is 15.5 Å². The minimum Gasteiger partial charge on any atom is -0.342 e. The Labute approximate surface area is 99.7 Å². The molecule has 2 fully saturated rings. The minimum atomic E-state index is -0.686. The van der Waals surface area contributed by atoms with Crippen LogP contribution in [0.5, 0.6) is 0 Å². The number of nitrogens with zero attached hydrogens (tertiary/aromatic N) is 1. The van der Waals surface area contributed by atoms with E-state index in [-0.39, 0.29) is 36.1 Å². The van der Waals surface area contributed by atoms with Crippen molar-refractivity contribution < 1.29 is 14.4 Å². The van der Waals surface area contributed by atoms with E-state index in [0.29, 0.717) is 0 Å². The molecule has 2 saturated heterocycles. The van der Waals surface area contributed by atoms with E-state index in [4.69, 9.17) is 0 Å². The molecule has 94 valence electrons. The zero-order valence-corrected chi connectivity index (χ0v) is 10.0. The van der Waals surface area contributed by atoms with Crippen LogP contribution in [0.1, 0.15) is 19.8 Å². The number of likely N-dealkylation sites (tertiary alicyclic amines) is 1. The van der Waals surface area contributed by atoms with Crippen molar-refractivity contribution in [3.8, 4) is 0 Å². The van der Waals surface area contributed by atoms with Gasteiger partial charge in [0.2, 0.25) is 11.8 Å². The molecule has 17 heavy (non-hydrogen) atoms. The van der Waals surface area contributed by atoms with Crippen LogP contribution in [0.3, 0.4) is 0 Å². The summed E-state index contributed by atoms with van der Waals surface area (Å²) >= 11 is 0. The number of likely N-dealkylation sites (N-methyl/N-ethyl adjacent to an activating group) is 1. The third-order valence-corrected chi connectivity index (χ3v) is 3.51. The van der Waals surface area contributed by atoms with Gasteiger partial charge in [0.1, 0.15) is 6.04 Å². The smallest absolute Gasteiger partial charge is 0.252 e. The number of nitrogens with one attached hydrogen (secondary N) is 2. The lowest BCUT2D eigenvalue weighted by Crippen LogP contribution is -2.49. The molecule has 0 aliphatic carbocycles. The highest BCUT2D eigenvalue weighted by molar-refractivity contribution is 6.06. The van der Waals surface area contributed by atoms with Crippen LogP contribution < -0.4 is 10.6 Å². The average Bonchev–Trinajstić information content (AvgIpc) is 2.80. The molecule has 0 spiro atoms. The van der Waals surface area contributed by atoms with E-state index in [9.17, 15) is 14.4 Å². The normalized spacial score (nSPS) is 33.3. The Hall–Kier alpha value is -1.43. The van der Waals surface area contributed by atoms with Gasteiger partial charge in [-0.15, -0.1) is 0 Å². The van der Waals surface area contributed by atoms with Crippen LogP contribution in [-0.4, -0.2) is 48.3 Å². The summed E-state index contributed by atoms with van der Waals surface area (Å²) in [6.07, 6.45) is 1.03. The van der Waals surface area contributed by atoms with Gasteiger partial charge >= 0.3 is 0 Å². The fourth-order valence-corrected chi connectivity index (χ4v) is 2.32. The van der Waals surface area contributed by atoms with E-state index in [1.54, 1.807) is 0 Å². The third-order valence-electron chi connectivity index (χ3n) is 3.51. The van der Waals surface area contributed by atoms with E-state index in [1.165, 1.54) is 7.05 Å². The molecule has 2 aliphatic heterocycles. The number of hydrogen-bond donors (Lipinski definition) is 2. The minimum absolute atomic E-state index is 0.0716. The molecular weight excluding hydrogens is 222 g/mol. The van der Waals surface area contributed by atoms with Crippen molar-refractivity contribution in [1.29, 1.82) is 0 Å². The fourth-order valence-electron chi connectivity index (χ4n) is 2.32. The molecule has 3 amide bonds. The monoisotopic (exact) mass is 239 g/mol. The summed E-state index contributed by atoms with van der Waals surface area (Å²) in [5.41, 5.74) is 0.